The number of hydrogen-bond donors (Lipinski definition) is 1. The Morgan fingerprint density at radius 2 is 2.15 bits per heavy atom. The number of aryl methyl sites for hydroxylation is 2. The van der Waals surface area contributed by atoms with Crippen LogP contribution in [-0.4, -0.2) is 14.7 Å². The van der Waals surface area contributed by atoms with E-state index in [4.69, 9.17) is 0 Å². The van der Waals surface area contributed by atoms with Crippen molar-refractivity contribution < 1.29 is 9.31 Å². The van der Waals surface area contributed by atoms with Crippen LogP contribution in [0.4, 0.5) is 15.8 Å². The molecule has 0 bridgehead atoms. The second-order valence-electron chi connectivity index (χ2n) is 4.55. The molecule has 0 aliphatic carbocycles. The number of nitrogens with one attached hydrogen (secondary N) is 1. The molecule has 2 rings (SSSR count). The molecule has 1 aromatic heterocycles. The highest BCUT2D eigenvalue weighted by atomic mass is 19.1. The fourth-order valence-corrected chi connectivity index (χ4v) is 2.02. The highest BCUT2D eigenvalue weighted by molar-refractivity contribution is 5.52. The molecule has 7 heteroatoms. The number of non-ortho nitro benzene ring substituents is 1. The van der Waals surface area contributed by atoms with Crippen LogP contribution in [-0.2, 0) is 13.6 Å². The van der Waals surface area contributed by atoms with Crippen LogP contribution in [0.25, 0.3) is 0 Å². The summed E-state index contributed by atoms with van der Waals surface area (Å²) in [6.07, 6.45) is 0. The van der Waals surface area contributed by atoms with Gasteiger partial charge in [0.2, 0.25) is 0 Å². The van der Waals surface area contributed by atoms with E-state index in [0.29, 0.717) is 6.54 Å². The number of halogens is 1. The van der Waals surface area contributed by atoms with E-state index in [1.54, 1.807) is 4.68 Å². The fraction of sp³-hybridized carbons (Fsp3) is 0.308. The SMILES string of the molecule is Cc1nn(C)c(C)c1CNc1cc([N+](=O)[O-])ccc1F. The number of hydrogen-bond acceptors (Lipinski definition) is 4. The van der Waals surface area contributed by atoms with Crippen molar-refractivity contribution in [3.63, 3.8) is 0 Å². The van der Waals surface area contributed by atoms with Crippen LogP contribution in [0.3, 0.4) is 0 Å². The summed E-state index contributed by atoms with van der Waals surface area (Å²) in [5.74, 6) is -0.519. The Hall–Kier alpha value is -2.44. The Bertz CT molecular complexity index is 667. The van der Waals surface area contributed by atoms with Crippen molar-refractivity contribution in [2.45, 2.75) is 20.4 Å². The van der Waals surface area contributed by atoms with Crippen molar-refractivity contribution >= 4 is 11.4 Å². The van der Waals surface area contributed by atoms with Crippen LogP contribution in [0.2, 0.25) is 0 Å². The van der Waals surface area contributed by atoms with Crippen LogP contribution in [0.15, 0.2) is 18.2 Å². The van der Waals surface area contributed by atoms with E-state index >= 15 is 0 Å². The second-order valence-corrected chi connectivity index (χ2v) is 4.55. The summed E-state index contributed by atoms with van der Waals surface area (Å²) < 4.78 is 15.4. The van der Waals surface area contributed by atoms with Gasteiger partial charge in [-0.05, 0) is 19.9 Å². The smallest absolute Gasteiger partial charge is 0.271 e. The Balaban J connectivity index is 2.22. The minimum absolute atomic E-state index is 0.113. The summed E-state index contributed by atoms with van der Waals surface area (Å²) >= 11 is 0. The minimum atomic E-state index is -0.550. The molecule has 20 heavy (non-hydrogen) atoms. The van der Waals surface area contributed by atoms with Crippen molar-refractivity contribution in [1.29, 1.82) is 0 Å². The lowest BCUT2D eigenvalue weighted by molar-refractivity contribution is -0.384. The summed E-state index contributed by atoms with van der Waals surface area (Å²) in [6, 6.07) is 3.42. The predicted molar refractivity (Wildman–Crippen MR) is 73.1 cm³/mol. The van der Waals surface area contributed by atoms with Gasteiger partial charge in [0.25, 0.3) is 5.69 Å². The van der Waals surface area contributed by atoms with E-state index in [0.717, 1.165) is 29.1 Å². The molecule has 1 N–H and O–H groups in total. The molecular weight excluding hydrogens is 263 g/mol. The van der Waals surface area contributed by atoms with Gasteiger partial charge in [-0.15, -0.1) is 0 Å². The number of nitro groups is 1. The maximum atomic E-state index is 13.6. The lowest BCUT2D eigenvalue weighted by Gasteiger charge is -2.08. The monoisotopic (exact) mass is 278 g/mol. The van der Waals surface area contributed by atoms with Crippen LogP contribution >= 0.6 is 0 Å². The molecule has 0 saturated carbocycles. The van der Waals surface area contributed by atoms with E-state index in [1.165, 1.54) is 6.07 Å². The van der Waals surface area contributed by atoms with Crippen molar-refractivity contribution in [2.24, 2.45) is 7.05 Å². The zero-order chi connectivity index (χ0) is 14.9. The van der Waals surface area contributed by atoms with Crippen molar-refractivity contribution in [1.82, 2.24) is 9.78 Å². The van der Waals surface area contributed by atoms with E-state index in [-0.39, 0.29) is 11.4 Å². The van der Waals surface area contributed by atoms with Gasteiger partial charge in [-0.1, -0.05) is 0 Å². The maximum absolute atomic E-state index is 13.6. The molecule has 6 nitrogen and oxygen atoms in total. The third-order valence-corrected chi connectivity index (χ3v) is 3.28. The number of rotatable bonds is 4. The number of nitro benzene ring substituents is 1. The Morgan fingerprint density at radius 1 is 1.45 bits per heavy atom. The Morgan fingerprint density at radius 3 is 2.70 bits per heavy atom. The average molecular weight is 278 g/mol. The van der Waals surface area contributed by atoms with E-state index in [9.17, 15) is 14.5 Å². The number of benzene rings is 1. The van der Waals surface area contributed by atoms with Gasteiger partial charge in [-0.25, -0.2) is 4.39 Å². The van der Waals surface area contributed by atoms with Gasteiger partial charge in [-0.2, -0.15) is 5.10 Å². The van der Waals surface area contributed by atoms with Crippen molar-refractivity contribution in [3.8, 4) is 0 Å². The van der Waals surface area contributed by atoms with Crippen LogP contribution in [0.1, 0.15) is 17.0 Å². The standard InChI is InChI=1S/C13H15FN4O2/c1-8-11(9(2)17(3)16-8)7-15-13-6-10(18(19)20)4-5-12(13)14/h4-6,15H,7H2,1-3H3. The molecule has 0 aliphatic rings. The largest absolute Gasteiger partial charge is 0.378 e. The van der Waals surface area contributed by atoms with Gasteiger partial charge in [0.1, 0.15) is 5.82 Å². The van der Waals surface area contributed by atoms with E-state index in [2.05, 4.69) is 10.4 Å². The third-order valence-electron chi connectivity index (χ3n) is 3.28. The molecule has 0 amide bonds. The Kier molecular flexibility index (Phi) is 3.69. The predicted octanol–water partition coefficient (Wildman–Crippen LogP) is 2.70. The molecule has 0 aliphatic heterocycles. The third kappa shape index (κ3) is 2.61. The number of nitrogens with zero attached hydrogens (tertiary/aromatic N) is 3. The fourth-order valence-electron chi connectivity index (χ4n) is 2.02. The molecule has 0 radical (unpaired) electrons. The molecule has 1 aromatic carbocycles. The highest BCUT2D eigenvalue weighted by Gasteiger charge is 2.13. The summed E-state index contributed by atoms with van der Waals surface area (Å²) in [4.78, 5) is 10.1. The molecule has 0 fully saturated rings. The van der Waals surface area contributed by atoms with Crippen LogP contribution < -0.4 is 5.32 Å². The van der Waals surface area contributed by atoms with Crippen LogP contribution in [0, 0.1) is 29.8 Å². The van der Waals surface area contributed by atoms with E-state index in [1.807, 2.05) is 20.9 Å². The molecule has 1 heterocycles. The molecule has 0 atom stereocenters. The first-order valence-electron chi connectivity index (χ1n) is 6.07. The zero-order valence-corrected chi connectivity index (χ0v) is 11.5. The van der Waals surface area contributed by atoms with Crippen molar-refractivity contribution in [3.05, 3.63) is 51.1 Å². The zero-order valence-electron chi connectivity index (χ0n) is 11.5. The van der Waals surface area contributed by atoms with Gasteiger partial charge < -0.3 is 5.32 Å². The molecule has 2 aromatic rings. The molecule has 0 saturated heterocycles. The van der Waals surface area contributed by atoms with Crippen LogP contribution in [0.5, 0.6) is 0 Å². The van der Waals surface area contributed by atoms with E-state index < -0.39 is 10.7 Å². The first kappa shape index (κ1) is 14.0. The van der Waals surface area contributed by atoms with Gasteiger partial charge >= 0.3 is 0 Å². The lowest BCUT2D eigenvalue weighted by Crippen LogP contribution is -2.04. The number of anilines is 1. The van der Waals surface area contributed by atoms with Gasteiger partial charge in [-0.3, -0.25) is 14.8 Å². The molecule has 106 valence electrons. The van der Waals surface area contributed by atoms with Gasteiger partial charge in [0, 0.05) is 37.0 Å². The summed E-state index contributed by atoms with van der Waals surface area (Å²) in [5.41, 5.74) is 2.75. The topological polar surface area (TPSA) is 73.0 Å². The summed E-state index contributed by atoms with van der Waals surface area (Å²) in [5, 5.41) is 17.8. The normalized spacial score (nSPS) is 10.6. The highest BCUT2D eigenvalue weighted by Crippen LogP contribution is 2.22. The Labute approximate surface area is 115 Å². The van der Waals surface area contributed by atoms with Gasteiger partial charge in [0.05, 0.1) is 16.3 Å². The second kappa shape index (κ2) is 5.28. The molecular formula is C13H15FN4O2. The van der Waals surface area contributed by atoms with Gasteiger partial charge in [0.15, 0.2) is 0 Å². The maximum Gasteiger partial charge on any atom is 0.271 e. The number of aromatic nitrogens is 2. The lowest BCUT2D eigenvalue weighted by atomic mass is 10.2. The first-order chi connectivity index (χ1) is 9.40. The molecule has 0 spiro atoms. The quantitative estimate of drug-likeness (QED) is 0.689. The summed E-state index contributed by atoms with van der Waals surface area (Å²) in [7, 11) is 1.83. The summed E-state index contributed by atoms with van der Waals surface area (Å²) in [6.45, 7) is 4.15. The average Bonchev–Trinajstić information content (AvgIpc) is 2.63. The van der Waals surface area contributed by atoms with Crippen molar-refractivity contribution in [2.75, 3.05) is 5.32 Å². The first-order valence-corrected chi connectivity index (χ1v) is 6.07. The molecule has 0 unspecified atom stereocenters. The minimum Gasteiger partial charge on any atom is -0.378 e.